The van der Waals surface area contributed by atoms with Crippen molar-refractivity contribution in [3.63, 3.8) is 0 Å². The molecule has 1 aliphatic heterocycles. The van der Waals surface area contributed by atoms with Gasteiger partial charge >= 0.3 is 11.8 Å². The number of benzene rings is 1. The average molecular weight is 352 g/mol. The molecule has 0 radical (unpaired) electrons. The number of carbonyl (C=O) groups excluding carboxylic acids is 1. The first-order valence-corrected chi connectivity index (χ1v) is 8.46. The maximum Gasteiger partial charge on any atom is 0.409 e. The highest BCUT2D eigenvalue weighted by Crippen LogP contribution is 2.32. The SMILES string of the molecule is CCCCOC(=O)N1CCC(Oc2ccc([N+](=O)[O-])c(OC)c2)CC1. The summed E-state index contributed by atoms with van der Waals surface area (Å²) in [7, 11) is 1.38. The molecule has 0 aromatic heterocycles. The van der Waals surface area contributed by atoms with E-state index in [2.05, 4.69) is 0 Å². The van der Waals surface area contributed by atoms with Gasteiger partial charge in [-0.1, -0.05) is 13.3 Å². The van der Waals surface area contributed by atoms with Gasteiger partial charge in [0.2, 0.25) is 5.75 Å². The molecule has 1 aromatic rings. The highest BCUT2D eigenvalue weighted by molar-refractivity contribution is 5.67. The molecule has 2 rings (SSSR count). The summed E-state index contributed by atoms with van der Waals surface area (Å²) in [6, 6.07) is 4.45. The fourth-order valence-electron chi connectivity index (χ4n) is 2.63. The Morgan fingerprint density at radius 3 is 2.68 bits per heavy atom. The summed E-state index contributed by atoms with van der Waals surface area (Å²) < 4.78 is 16.1. The van der Waals surface area contributed by atoms with E-state index in [4.69, 9.17) is 14.2 Å². The summed E-state index contributed by atoms with van der Waals surface area (Å²) in [6.45, 7) is 3.64. The molecule has 0 atom stereocenters. The summed E-state index contributed by atoms with van der Waals surface area (Å²) in [5.41, 5.74) is -0.0977. The molecule has 1 aromatic carbocycles. The quantitative estimate of drug-likeness (QED) is 0.424. The first-order chi connectivity index (χ1) is 12.0. The zero-order chi connectivity index (χ0) is 18.2. The number of hydrogen-bond acceptors (Lipinski definition) is 6. The van der Waals surface area contributed by atoms with Gasteiger partial charge in [0, 0.05) is 38.1 Å². The van der Waals surface area contributed by atoms with Crippen molar-refractivity contribution < 1.29 is 23.9 Å². The average Bonchev–Trinajstić information content (AvgIpc) is 2.62. The Morgan fingerprint density at radius 1 is 1.36 bits per heavy atom. The van der Waals surface area contributed by atoms with Crippen LogP contribution in [0.2, 0.25) is 0 Å². The third-order valence-electron chi connectivity index (χ3n) is 4.07. The number of rotatable bonds is 7. The summed E-state index contributed by atoms with van der Waals surface area (Å²) in [4.78, 5) is 24.0. The number of hydrogen-bond donors (Lipinski definition) is 0. The van der Waals surface area contributed by atoms with Gasteiger partial charge in [0.05, 0.1) is 18.6 Å². The van der Waals surface area contributed by atoms with Crippen molar-refractivity contribution in [1.29, 1.82) is 0 Å². The van der Waals surface area contributed by atoms with Crippen LogP contribution >= 0.6 is 0 Å². The maximum atomic E-state index is 11.9. The number of carbonyl (C=O) groups is 1. The van der Waals surface area contributed by atoms with Crippen molar-refractivity contribution in [3.05, 3.63) is 28.3 Å². The first kappa shape index (κ1) is 18.8. The summed E-state index contributed by atoms with van der Waals surface area (Å²) >= 11 is 0. The Labute approximate surface area is 146 Å². The second-order valence-corrected chi connectivity index (χ2v) is 5.86. The molecule has 1 heterocycles. The number of likely N-dealkylation sites (tertiary alicyclic amines) is 1. The van der Waals surface area contributed by atoms with Crippen LogP contribution < -0.4 is 9.47 Å². The number of nitrogens with zero attached hydrogens (tertiary/aromatic N) is 2. The zero-order valence-electron chi connectivity index (χ0n) is 14.6. The lowest BCUT2D eigenvalue weighted by atomic mass is 10.1. The molecule has 0 spiro atoms. The minimum absolute atomic E-state index is 0.0501. The van der Waals surface area contributed by atoms with Crippen LogP contribution in [0, 0.1) is 10.1 Å². The van der Waals surface area contributed by atoms with E-state index in [1.165, 1.54) is 19.2 Å². The highest BCUT2D eigenvalue weighted by Gasteiger charge is 2.25. The monoisotopic (exact) mass is 352 g/mol. The molecule has 1 fully saturated rings. The number of ether oxygens (including phenoxy) is 3. The van der Waals surface area contributed by atoms with Crippen LogP contribution in [0.25, 0.3) is 0 Å². The summed E-state index contributed by atoms with van der Waals surface area (Å²) in [6.07, 6.45) is 2.90. The van der Waals surface area contributed by atoms with Crippen LogP contribution in [-0.2, 0) is 4.74 Å². The van der Waals surface area contributed by atoms with E-state index in [0.29, 0.717) is 38.3 Å². The van der Waals surface area contributed by atoms with E-state index < -0.39 is 4.92 Å². The standard InChI is InChI=1S/C17H24N2O6/c1-3-4-11-24-17(20)18-9-7-13(8-10-18)25-14-5-6-15(19(21)22)16(12-14)23-2/h5-6,12-13H,3-4,7-11H2,1-2H3. The Bertz CT molecular complexity index is 599. The fourth-order valence-corrected chi connectivity index (χ4v) is 2.63. The van der Waals surface area contributed by atoms with Crippen molar-refractivity contribution in [2.45, 2.75) is 38.7 Å². The van der Waals surface area contributed by atoms with Crippen LogP contribution in [0.5, 0.6) is 11.5 Å². The van der Waals surface area contributed by atoms with Crippen LogP contribution in [0.3, 0.4) is 0 Å². The molecule has 0 unspecified atom stereocenters. The predicted octanol–water partition coefficient (Wildman–Crippen LogP) is 3.38. The van der Waals surface area contributed by atoms with Crippen molar-refractivity contribution >= 4 is 11.8 Å². The molecule has 138 valence electrons. The number of amides is 1. The van der Waals surface area contributed by atoms with Crippen molar-refractivity contribution in [2.24, 2.45) is 0 Å². The first-order valence-electron chi connectivity index (χ1n) is 8.46. The van der Waals surface area contributed by atoms with Gasteiger partial charge in [-0.3, -0.25) is 10.1 Å². The van der Waals surface area contributed by atoms with Gasteiger partial charge in [0.25, 0.3) is 0 Å². The smallest absolute Gasteiger partial charge is 0.409 e. The lowest BCUT2D eigenvalue weighted by Gasteiger charge is -2.31. The van der Waals surface area contributed by atoms with Gasteiger partial charge in [-0.2, -0.15) is 0 Å². The van der Waals surface area contributed by atoms with Gasteiger partial charge in [-0.15, -0.1) is 0 Å². The Morgan fingerprint density at radius 2 is 2.08 bits per heavy atom. The molecule has 1 aliphatic rings. The number of methoxy groups -OCH3 is 1. The maximum absolute atomic E-state index is 11.9. The predicted molar refractivity (Wildman–Crippen MR) is 91.1 cm³/mol. The van der Waals surface area contributed by atoms with E-state index in [-0.39, 0.29) is 23.6 Å². The number of nitro groups is 1. The Balaban J connectivity index is 1.85. The number of nitro benzene ring substituents is 1. The number of unbranched alkanes of at least 4 members (excludes halogenated alkanes) is 1. The highest BCUT2D eigenvalue weighted by atomic mass is 16.6. The molecule has 25 heavy (non-hydrogen) atoms. The summed E-state index contributed by atoms with van der Waals surface area (Å²) in [5.74, 6) is 0.686. The molecule has 0 bridgehead atoms. The van der Waals surface area contributed by atoms with E-state index in [0.717, 1.165) is 12.8 Å². The Hall–Kier alpha value is -2.51. The van der Waals surface area contributed by atoms with Crippen molar-refractivity contribution in [1.82, 2.24) is 4.90 Å². The largest absolute Gasteiger partial charge is 0.490 e. The van der Waals surface area contributed by atoms with Gasteiger partial charge < -0.3 is 19.1 Å². The topological polar surface area (TPSA) is 91.1 Å². The molecule has 1 saturated heterocycles. The van der Waals surface area contributed by atoms with E-state index in [1.54, 1.807) is 11.0 Å². The Kier molecular flexibility index (Phi) is 6.85. The van der Waals surface area contributed by atoms with E-state index in [1.807, 2.05) is 6.92 Å². The third-order valence-corrected chi connectivity index (χ3v) is 4.07. The summed E-state index contributed by atoms with van der Waals surface area (Å²) in [5, 5.41) is 10.9. The van der Waals surface area contributed by atoms with Gasteiger partial charge in [0.15, 0.2) is 0 Å². The lowest BCUT2D eigenvalue weighted by Crippen LogP contribution is -2.42. The van der Waals surface area contributed by atoms with Crippen molar-refractivity contribution in [2.75, 3.05) is 26.8 Å². The van der Waals surface area contributed by atoms with E-state index in [9.17, 15) is 14.9 Å². The molecule has 1 amide bonds. The van der Waals surface area contributed by atoms with Gasteiger partial charge in [0.1, 0.15) is 11.9 Å². The van der Waals surface area contributed by atoms with Crippen LogP contribution in [0.1, 0.15) is 32.6 Å². The molecular weight excluding hydrogens is 328 g/mol. The minimum atomic E-state index is -0.495. The van der Waals surface area contributed by atoms with Crippen LogP contribution in [0.4, 0.5) is 10.5 Å². The van der Waals surface area contributed by atoms with E-state index >= 15 is 0 Å². The minimum Gasteiger partial charge on any atom is -0.490 e. The number of piperidine rings is 1. The molecule has 8 heteroatoms. The third kappa shape index (κ3) is 5.23. The second-order valence-electron chi connectivity index (χ2n) is 5.86. The molecular formula is C17H24N2O6. The van der Waals surface area contributed by atoms with Crippen LogP contribution in [0.15, 0.2) is 18.2 Å². The molecule has 0 saturated carbocycles. The van der Waals surface area contributed by atoms with Crippen LogP contribution in [-0.4, -0.2) is 48.8 Å². The lowest BCUT2D eigenvalue weighted by molar-refractivity contribution is -0.385. The van der Waals surface area contributed by atoms with Crippen molar-refractivity contribution in [3.8, 4) is 11.5 Å². The molecule has 8 nitrogen and oxygen atoms in total. The normalized spacial score (nSPS) is 14.9. The molecule has 0 N–H and O–H groups in total. The second kappa shape index (κ2) is 9.10. The van der Waals surface area contributed by atoms with Gasteiger partial charge in [-0.25, -0.2) is 4.79 Å². The van der Waals surface area contributed by atoms with Gasteiger partial charge in [-0.05, 0) is 12.5 Å². The fraction of sp³-hybridized carbons (Fsp3) is 0.588. The molecule has 0 aliphatic carbocycles. The zero-order valence-corrected chi connectivity index (χ0v) is 14.6.